The van der Waals surface area contributed by atoms with Crippen molar-refractivity contribution in [2.24, 2.45) is 0 Å². The summed E-state index contributed by atoms with van der Waals surface area (Å²) in [6.07, 6.45) is 2.46. The molecule has 64 heavy (non-hydrogen) atoms. The number of carbonyl (C=O) groups excluding carboxylic acids is 6. The van der Waals surface area contributed by atoms with Crippen molar-refractivity contribution in [2.75, 3.05) is 81.7 Å². The number of anilines is 5. The van der Waals surface area contributed by atoms with Crippen LogP contribution in [0.5, 0.6) is 0 Å². The van der Waals surface area contributed by atoms with Crippen molar-refractivity contribution >= 4 is 75.9 Å². The molecule has 1 unspecified atom stereocenters. The summed E-state index contributed by atoms with van der Waals surface area (Å²) >= 11 is 6.38. The highest BCUT2D eigenvalue weighted by molar-refractivity contribution is 6.33. The molecule has 18 nitrogen and oxygen atoms in total. The Bertz CT molecular complexity index is 2470. The highest BCUT2D eigenvalue weighted by Crippen LogP contribution is 2.30. The Balaban J connectivity index is 0.754. The van der Waals surface area contributed by atoms with Crippen molar-refractivity contribution in [2.45, 2.75) is 31.8 Å². The molecular weight excluding hydrogens is 844 g/mol. The van der Waals surface area contributed by atoms with Crippen LogP contribution in [-0.2, 0) is 30.4 Å². The lowest BCUT2D eigenvalue weighted by molar-refractivity contribution is -0.137. The number of aromatic nitrogens is 2. The minimum atomic E-state index is -0.709. The van der Waals surface area contributed by atoms with Gasteiger partial charge in [-0.25, -0.2) is 9.78 Å². The first-order valence-corrected chi connectivity index (χ1v) is 21.1. The number of nitrogens with one attached hydrogen (secondary N) is 5. The number of carbonyl (C=O) groups is 6. The summed E-state index contributed by atoms with van der Waals surface area (Å²) in [5.41, 5.74) is 4.59. The van der Waals surface area contributed by atoms with Crippen LogP contribution in [-0.4, -0.2) is 127 Å². The number of amides is 6. The maximum absolute atomic E-state index is 13.0. The van der Waals surface area contributed by atoms with Crippen LogP contribution in [0.2, 0.25) is 5.02 Å². The van der Waals surface area contributed by atoms with Crippen LogP contribution in [0.25, 0.3) is 0 Å². The Morgan fingerprint density at radius 1 is 0.938 bits per heavy atom. The lowest BCUT2D eigenvalue weighted by Gasteiger charge is -2.36. The molecule has 0 saturated carbocycles. The van der Waals surface area contributed by atoms with Gasteiger partial charge in [-0.1, -0.05) is 41.6 Å². The molecule has 5 N–H and O–H groups in total. The van der Waals surface area contributed by atoms with Crippen LogP contribution in [0.3, 0.4) is 0 Å². The molecule has 3 aliphatic heterocycles. The van der Waals surface area contributed by atoms with Gasteiger partial charge in [0.1, 0.15) is 30.9 Å². The van der Waals surface area contributed by atoms with Crippen LogP contribution >= 0.6 is 11.6 Å². The zero-order chi connectivity index (χ0) is 45.0. The molecule has 0 spiro atoms. The van der Waals surface area contributed by atoms with E-state index in [1.165, 1.54) is 11.1 Å². The number of piperazine rings is 1. The minimum absolute atomic E-state index is 0.00830. The van der Waals surface area contributed by atoms with Crippen LogP contribution < -0.4 is 31.5 Å². The number of imide groups is 1. The van der Waals surface area contributed by atoms with Gasteiger partial charge in [0.2, 0.25) is 17.8 Å². The van der Waals surface area contributed by atoms with E-state index in [1.54, 1.807) is 54.4 Å². The van der Waals surface area contributed by atoms with Gasteiger partial charge in [0.05, 0.1) is 17.4 Å². The summed E-state index contributed by atoms with van der Waals surface area (Å²) in [5.74, 6) is 4.96. The average Bonchev–Trinajstić information content (AvgIpc) is 3.64. The van der Waals surface area contributed by atoms with Gasteiger partial charge in [-0.3, -0.25) is 29.3 Å². The van der Waals surface area contributed by atoms with E-state index in [0.717, 1.165) is 11.4 Å². The third-order valence-electron chi connectivity index (χ3n) is 10.7. The molecule has 1 atom stereocenters. The standard InChI is InChI=1S/C45H47ClN10O8/c1-47-41(59)34-9-2-3-11-37(34)51-40-36(46)25-49-44(53-40)50-30-12-14-31(15-13-30)54-19-21-55(22-20-54)45(62)48-18-6-24-64-28-32(57)27-63-23-5-8-29-7-4-10-33-35(29)26-56(43(33)61)38-16-17-39(58)52-42(38)60/h2-4,7,9-15,25,38H,6,16-24,26-28H2,1H3,(H,47,59)(H,48,62)(H,52,58,60)(H2,49,50,51,53). The first-order chi connectivity index (χ1) is 31.1. The van der Waals surface area contributed by atoms with Gasteiger partial charge in [-0.2, -0.15) is 4.98 Å². The average molecular weight is 891 g/mol. The first-order valence-electron chi connectivity index (χ1n) is 20.8. The molecule has 2 fully saturated rings. The number of Topliss-reactive ketones (excluding diaryl/α,β-unsaturated/α-hetero) is 1. The SMILES string of the molecule is CNC(=O)c1ccccc1Nc1nc(Nc2ccc(N3CCN(C(=O)NCCCOCC(=O)COCC#Cc4cccc5c4CN(C4CCC(=O)NC4=O)C5=O)CC3)cc2)ncc1Cl. The number of rotatable bonds is 16. The number of nitrogens with zero attached hydrogens (tertiary/aromatic N) is 5. The monoisotopic (exact) mass is 890 g/mol. The van der Waals surface area contributed by atoms with Crippen molar-refractivity contribution in [3.8, 4) is 11.8 Å². The van der Waals surface area contributed by atoms with E-state index in [2.05, 4.69) is 53.3 Å². The van der Waals surface area contributed by atoms with Gasteiger partial charge >= 0.3 is 6.03 Å². The van der Waals surface area contributed by atoms with Gasteiger partial charge in [0.25, 0.3) is 11.8 Å². The number of halogens is 1. The molecular formula is C45H47ClN10O8. The number of para-hydroxylation sites is 1. The molecule has 6 amide bonds. The fourth-order valence-corrected chi connectivity index (χ4v) is 7.52. The molecule has 1 aromatic heterocycles. The highest BCUT2D eigenvalue weighted by atomic mass is 35.5. The zero-order valence-corrected chi connectivity index (χ0v) is 35.8. The maximum atomic E-state index is 13.0. The lowest BCUT2D eigenvalue weighted by atomic mass is 10.0. The molecule has 0 aliphatic carbocycles. The third-order valence-corrected chi connectivity index (χ3v) is 11.0. The fourth-order valence-electron chi connectivity index (χ4n) is 7.38. The lowest BCUT2D eigenvalue weighted by Crippen LogP contribution is -2.52. The Labute approximate surface area is 374 Å². The molecule has 4 aromatic rings. The maximum Gasteiger partial charge on any atom is 0.317 e. The number of hydrogen-bond donors (Lipinski definition) is 5. The Hall–Kier alpha value is -7.07. The molecule has 332 valence electrons. The number of urea groups is 1. The minimum Gasteiger partial charge on any atom is -0.374 e. The first kappa shape index (κ1) is 45.0. The highest BCUT2D eigenvalue weighted by Gasteiger charge is 2.39. The van der Waals surface area contributed by atoms with Crippen LogP contribution in [0.15, 0.2) is 72.9 Å². The van der Waals surface area contributed by atoms with Crippen LogP contribution in [0.1, 0.15) is 51.1 Å². The summed E-state index contributed by atoms with van der Waals surface area (Å²) < 4.78 is 10.9. The van der Waals surface area contributed by atoms with E-state index in [9.17, 15) is 28.8 Å². The summed E-state index contributed by atoms with van der Waals surface area (Å²) in [6, 6.07) is 19.2. The van der Waals surface area contributed by atoms with Gasteiger partial charge in [-0.05, 0) is 66.9 Å². The molecule has 2 saturated heterocycles. The van der Waals surface area contributed by atoms with Gasteiger partial charge in [0, 0.05) is 81.8 Å². The second kappa shape index (κ2) is 21.3. The largest absolute Gasteiger partial charge is 0.374 e. The van der Waals surface area contributed by atoms with Crippen molar-refractivity contribution in [3.05, 3.63) is 100 Å². The Morgan fingerprint density at radius 3 is 2.50 bits per heavy atom. The van der Waals surface area contributed by atoms with Crippen LogP contribution in [0, 0.1) is 11.8 Å². The quantitative estimate of drug-likeness (QED) is 0.0619. The van der Waals surface area contributed by atoms with Crippen molar-refractivity contribution in [3.63, 3.8) is 0 Å². The van der Waals surface area contributed by atoms with E-state index >= 15 is 0 Å². The number of ketones is 1. The predicted molar refractivity (Wildman–Crippen MR) is 238 cm³/mol. The van der Waals surface area contributed by atoms with E-state index in [0.29, 0.717) is 83.9 Å². The molecule has 3 aromatic carbocycles. The summed E-state index contributed by atoms with van der Waals surface area (Å²) in [5, 5.41) is 14.5. The molecule has 3 aliphatic rings. The summed E-state index contributed by atoms with van der Waals surface area (Å²) in [6.45, 7) is 3.00. The molecule has 19 heteroatoms. The van der Waals surface area contributed by atoms with Gasteiger partial charge < -0.3 is 45.4 Å². The second-order valence-corrected chi connectivity index (χ2v) is 15.4. The molecule has 0 bridgehead atoms. The molecule has 0 radical (unpaired) electrons. The zero-order valence-electron chi connectivity index (χ0n) is 35.1. The van der Waals surface area contributed by atoms with E-state index in [-0.39, 0.29) is 75.3 Å². The topological polar surface area (TPSA) is 217 Å². The smallest absolute Gasteiger partial charge is 0.317 e. The van der Waals surface area contributed by atoms with Crippen molar-refractivity contribution < 1.29 is 38.2 Å². The number of fused-ring (bicyclic) bond motifs is 1. The van der Waals surface area contributed by atoms with Gasteiger partial charge in [-0.15, -0.1) is 0 Å². The van der Waals surface area contributed by atoms with Crippen molar-refractivity contribution in [1.82, 2.24) is 35.7 Å². The number of benzene rings is 3. The van der Waals surface area contributed by atoms with Crippen molar-refractivity contribution in [1.29, 1.82) is 0 Å². The van der Waals surface area contributed by atoms with E-state index in [1.807, 2.05) is 24.3 Å². The molecule has 7 rings (SSSR count). The van der Waals surface area contributed by atoms with Gasteiger partial charge in [0.15, 0.2) is 11.6 Å². The normalized spacial score (nSPS) is 15.8. The van der Waals surface area contributed by atoms with E-state index in [4.69, 9.17) is 21.1 Å². The Kier molecular flexibility index (Phi) is 15.0. The fraction of sp³-hybridized carbons (Fsp3) is 0.333. The Morgan fingerprint density at radius 2 is 1.72 bits per heavy atom. The van der Waals surface area contributed by atoms with Crippen LogP contribution in [0.4, 0.5) is 33.6 Å². The number of hydrogen-bond acceptors (Lipinski definition) is 13. The summed E-state index contributed by atoms with van der Waals surface area (Å²) in [4.78, 5) is 88.6. The number of piperidine rings is 1. The van der Waals surface area contributed by atoms with E-state index < -0.39 is 11.9 Å². The second-order valence-electron chi connectivity index (χ2n) is 15.0. The molecule has 4 heterocycles. The summed E-state index contributed by atoms with van der Waals surface area (Å²) in [7, 11) is 1.56. The third kappa shape index (κ3) is 11.3. The number of ether oxygens (including phenoxy) is 2. The predicted octanol–water partition coefficient (Wildman–Crippen LogP) is 3.61.